The summed E-state index contributed by atoms with van der Waals surface area (Å²) in [4.78, 5) is 9.77. The van der Waals surface area contributed by atoms with Crippen LogP contribution >= 0.6 is 23.1 Å². The molecule has 2 heterocycles. The Balaban J connectivity index is 1.84. The highest BCUT2D eigenvalue weighted by Gasteiger charge is 2.32. The molecule has 0 bridgehead atoms. The van der Waals surface area contributed by atoms with E-state index in [2.05, 4.69) is 33.0 Å². The lowest BCUT2D eigenvalue weighted by Gasteiger charge is -2.27. The first-order valence-corrected chi connectivity index (χ1v) is 8.88. The number of rotatable bonds is 5. The largest absolute Gasteiger partial charge is 0.368 e. The second-order valence-corrected chi connectivity index (χ2v) is 7.30. The summed E-state index contributed by atoms with van der Waals surface area (Å²) in [6, 6.07) is 2.06. The number of nitrogens with zero attached hydrogens (tertiary/aromatic N) is 2. The molecule has 0 saturated heterocycles. The first kappa shape index (κ1) is 13.9. The zero-order valence-corrected chi connectivity index (χ0v) is 13.1. The van der Waals surface area contributed by atoms with Gasteiger partial charge in [0.1, 0.15) is 10.6 Å². The molecule has 3 rings (SSSR count). The zero-order chi connectivity index (χ0) is 14.0. The first-order valence-electron chi connectivity index (χ1n) is 6.77. The molecule has 0 spiro atoms. The molecule has 2 aromatic rings. The van der Waals surface area contributed by atoms with Gasteiger partial charge in [0.15, 0.2) is 0 Å². The van der Waals surface area contributed by atoms with Crippen LogP contribution < -0.4 is 16.6 Å². The highest BCUT2D eigenvalue weighted by atomic mass is 32.2. The molecule has 4 N–H and O–H groups in total. The molecule has 0 radical (unpaired) electrons. The van der Waals surface area contributed by atoms with Gasteiger partial charge < -0.3 is 5.32 Å². The average Bonchev–Trinajstić information content (AvgIpc) is 3.14. The number of hydrazine groups is 1. The van der Waals surface area contributed by atoms with Gasteiger partial charge in [0.25, 0.3) is 0 Å². The predicted molar refractivity (Wildman–Crippen MR) is 88.4 cm³/mol. The summed E-state index contributed by atoms with van der Waals surface area (Å²) in [6.45, 7) is 0.945. The molecule has 20 heavy (non-hydrogen) atoms. The summed E-state index contributed by atoms with van der Waals surface area (Å²) in [5.74, 6) is 6.79. The minimum absolute atomic E-state index is 0.351. The smallest absolute Gasteiger partial charge is 0.240 e. The number of aromatic nitrogens is 2. The Morgan fingerprint density at radius 2 is 2.20 bits per heavy atom. The molecule has 0 atom stereocenters. The van der Waals surface area contributed by atoms with Crippen LogP contribution in [0.25, 0.3) is 10.2 Å². The number of hydrogen-bond donors (Lipinski definition) is 3. The van der Waals surface area contributed by atoms with Crippen LogP contribution in [0.1, 0.15) is 25.7 Å². The van der Waals surface area contributed by atoms with E-state index in [-0.39, 0.29) is 0 Å². The maximum absolute atomic E-state index is 5.45. The van der Waals surface area contributed by atoms with E-state index < -0.39 is 0 Å². The van der Waals surface area contributed by atoms with Crippen LogP contribution in [0, 0.1) is 0 Å². The van der Waals surface area contributed by atoms with Crippen molar-refractivity contribution in [3.63, 3.8) is 0 Å². The van der Waals surface area contributed by atoms with Crippen LogP contribution in [0.15, 0.2) is 11.4 Å². The van der Waals surface area contributed by atoms with Gasteiger partial charge >= 0.3 is 0 Å². The molecule has 0 aliphatic heterocycles. The summed E-state index contributed by atoms with van der Waals surface area (Å²) in [5.41, 5.74) is 2.54. The number of hydrogen-bond acceptors (Lipinski definition) is 7. The number of thiophene rings is 1. The Hall–Kier alpha value is -1.05. The zero-order valence-electron chi connectivity index (χ0n) is 11.5. The minimum atomic E-state index is 0.351. The van der Waals surface area contributed by atoms with Crippen LogP contribution in [0.2, 0.25) is 0 Å². The summed E-state index contributed by atoms with van der Waals surface area (Å²) in [6.07, 6.45) is 7.42. The number of nitrogens with two attached hydrogens (primary N) is 1. The standard InChI is InChI=1S/C13H19N5S2/c1-19-13(5-2-3-6-13)8-15-10-9-4-7-20-11(9)17-12(16-10)18-14/h4,7H,2-3,5-6,8,14H2,1H3,(H2,15,16,17,18). The van der Waals surface area contributed by atoms with Crippen molar-refractivity contribution >= 4 is 45.1 Å². The molecule has 5 nitrogen and oxygen atoms in total. The normalized spacial score (nSPS) is 17.5. The predicted octanol–water partition coefficient (Wildman–Crippen LogP) is 3.06. The number of thioether (sulfide) groups is 1. The molecule has 7 heteroatoms. The average molecular weight is 309 g/mol. The molecule has 108 valence electrons. The van der Waals surface area contributed by atoms with Crippen LogP contribution in [0.3, 0.4) is 0 Å². The maximum Gasteiger partial charge on any atom is 0.240 e. The van der Waals surface area contributed by atoms with Gasteiger partial charge in [-0.05, 0) is 30.5 Å². The fourth-order valence-corrected chi connectivity index (χ4v) is 4.45. The van der Waals surface area contributed by atoms with Crippen molar-refractivity contribution in [1.29, 1.82) is 0 Å². The van der Waals surface area contributed by atoms with Crippen molar-refractivity contribution in [3.05, 3.63) is 11.4 Å². The van der Waals surface area contributed by atoms with E-state index >= 15 is 0 Å². The molecule has 1 saturated carbocycles. The van der Waals surface area contributed by atoms with E-state index in [4.69, 9.17) is 5.84 Å². The summed E-state index contributed by atoms with van der Waals surface area (Å²) >= 11 is 3.58. The number of nitrogen functional groups attached to an aromatic ring is 1. The van der Waals surface area contributed by atoms with Crippen LogP contribution in [-0.2, 0) is 0 Å². The van der Waals surface area contributed by atoms with Crippen LogP contribution in [0.4, 0.5) is 11.8 Å². The lowest BCUT2D eigenvalue weighted by atomic mass is 10.1. The van der Waals surface area contributed by atoms with Crippen LogP contribution in [-0.4, -0.2) is 27.5 Å². The van der Waals surface area contributed by atoms with Crippen molar-refractivity contribution in [2.24, 2.45) is 5.84 Å². The lowest BCUT2D eigenvalue weighted by molar-refractivity contribution is 0.639. The molecule has 2 aromatic heterocycles. The number of anilines is 2. The summed E-state index contributed by atoms with van der Waals surface area (Å²) in [5, 5.41) is 6.63. The van der Waals surface area contributed by atoms with Crippen molar-refractivity contribution in [2.75, 3.05) is 23.5 Å². The molecule has 1 aliphatic carbocycles. The van der Waals surface area contributed by atoms with Crippen molar-refractivity contribution in [2.45, 2.75) is 30.4 Å². The van der Waals surface area contributed by atoms with E-state index in [1.54, 1.807) is 11.3 Å². The Morgan fingerprint density at radius 1 is 1.40 bits per heavy atom. The first-order chi connectivity index (χ1) is 9.76. The van der Waals surface area contributed by atoms with E-state index in [1.807, 2.05) is 17.1 Å². The van der Waals surface area contributed by atoms with E-state index in [1.165, 1.54) is 25.7 Å². The second-order valence-electron chi connectivity index (χ2n) is 5.13. The van der Waals surface area contributed by atoms with Gasteiger partial charge in [-0.15, -0.1) is 11.3 Å². The second kappa shape index (κ2) is 5.75. The molecule has 0 aromatic carbocycles. The fourth-order valence-electron chi connectivity index (χ4n) is 2.77. The minimum Gasteiger partial charge on any atom is -0.368 e. The molecular weight excluding hydrogens is 290 g/mol. The number of fused-ring (bicyclic) bond motifs is 1. The van der Waals surface area contributed by atoms with Gasteiger partial charge in [0, 0.05) is 11.3 Å². The van der Waals surface area contributed by atoms with Crippen molar-refractivity contribution in [3.8, 4) is 0 Å². The molecule has 0 amide bonds. The maximum atomic E-state index is 5.45. The summed E-state index contributed by atoms with van der Waals surface area (Å²) < 4.78 is 0.351. The SMILES string of the molecule is CSC1(CNc2nc(NN)nc3sccc23)CCCC1. The van der Waals surface area contributed by atoms with E-state index in [0.717, 1.165) is 22.6 Å². The monoisotopic (exact) mass is 309 g/mol. The van der Waals surface area contributed by atoms with Crippen molar-refractivity contribution in [1.82, 2.24) is 9.97 Å². The van der Waals surface area contributed by atoms with Crippen LogP contribution in [0.5, 0.6) is 0 Å². The van der Waals surface area contributed by atoms with Gasteiger partial charge in [0.05, 0.1) is 5.39 Å². The highest BCUT2D eigenvalue weighted by Crippen LogP contribution is 2.40. The van der Waals surface area contributed by atoms with Gasteiger partial charge in [-0.25, -0.2) is 10.8 Å². The Morgan fingerprint density at radius 3 is 2.90 bits per heavy atom. The molecule has 0 unspecified atom stereocenters. The quantitative estimate of drug-likeness (QED) is 0.582. The van der Waals surface area contributed by atoms with Gasteiger partial charge in [-0.1, -0.05) is 12.8 Å². The van der Waals surface area contributed by atoms with Gasteiger partial charge in [-0.3, -0.25) is 5.43 Å². The Kier molecular flexibility index (Phi) is 4.00. The highest BCUT2D eigenvalue weighted by molar-refractivity contribution is 8.00. The van der Waals surface area contributed by atoms with Gasteiger partial charge in [-0.2, -0.15) is 16.7 Å². The molecule has 1 fully saturated rings. The Labute approximate surface area is 126 Å². The third-order valence-corrected chi connectivity index (χ3v) is 6.21. The number of nitrogens with one attached hydrogen (secondary N) is 2. The van der Waals surface area contributed by atoms with E-state index in [9.17, 15) is 0 Å². The lowest BCUT2D eigenvalue weighted by Crippen LogP contribution is -2.30. The molecule has 1 aliphatic rings. The van der Waals surface area contributed by atoms with Gasteiger partial charge in [0.2, 0.25) is 5.95 Å². The Bertz CT molecular complexity index is 591. The third-order valence-electron chi connectivity index (χ3n) is 3.98. The molecular formula is C13H19N5S2. The fraction of sp³-hybridized carbons (Fsp3) is 0.538. The third kappa shape index (κ3) is 2.57. The summed E-state index contributed by atoms with van der Waals surface area (Å²) in [7, 11) is 0. The van der Waals surface area contributed by atoms with Crippen molar-refractivity contribution < 1.29 is 0 Å². The van der Waals surface area contributed by atoms with E-state index in [0.29, 0.717) is 10.7 Å². The topological polar surface area (TPSA) is 75.9 Å².